The zero-order valence-electron chi connectivity index (χ0n) is 22.5. The van der Waals surface area contributed by atoms with Gasteiger partial charge in [0.15, 0.2) is 19.9 Å². The normalized spacial score (nSPS) is 18.7. The van der Waals surface area contributed by atoms with Gasteiger partial charge in [-0.05, 0) is 40.7 Å². The van der Waals surface area contributed by atoms with E-state index in [4.69, 9.17) is 4.43 Å². The zero-order chi connectivity index (χ0) is 28.2. The molecule has 12 heteroatoms. The Kier molecular flexibility index (Phi) is 10.8. The van der Waals surface area contributed by atoms with E-state index in [9.17, 15) is 26.0 Å². The van der Waals surface area contributed by atoms with Crippen LogP contribution < -0.4 is 4.74 Å². The Labute approximate surface area is 219 Å². The third kappa shape index (κ3) is 8.01. The minimum Gasteiger partial charge on any atom is -0.416 e. The summed E-state index contributed by atoms with van der Waals surface area (Å²) in [5, 5.41) is 0.930. The summed E-state index contributed by atoms with van der Waals surface area (Å²) in [6.07, 6.45) is -4.43. The van der Waals surface area contributed by atoms with Gasteiger partial charge in [0.1, 0.15) is 0 Å². The number of rotatable bonds is 12. The van der Waals surface area contributed by atoms with Gasteiger partial charge in [-0.3, -0.25) is 4.90 Å². The fourth-order valence-corrected chi connectivity index (χ4v) is 12.0. The Bertz CT molecular complexity index is 997. The molecule has 0 radical (unpaired) electrons. The molecule has 1 atom stereocenters. The van der Waals surface area contributed by atoms with Crippen molar-refractivity contribution in [3.63, 3.8) is 0 Å². The molecule has 0 aromatic heterocycles. The van der Waals surface area contributed by atoms with Gasteiger partial charge in [-0.15, -0.1) is 13.2 Å². The van der Waals surface area contributed by atoms with E-state index in [1.54, 1.807) is 0 Å². The average molecular weight is 569 g/mol. The van der Waals surface area contributed by atoms with Crippen LogP contribution in [0, 0.1) is 5.82 Å². The van der Waals surface area contributed by atoms with Crippen LogP contribution >= 0.6 is 0 Å². The molecule has 0 bridgehead atoms. The Morgan fingerprint density at radius 1 is 1.11 bits per heavy atom. The second kappa shape index (κ2) is 12.6. The fourth-order valence-electron chi connectivity index (χ4n) is 5.64. The van der Waals surface area contributed by atoms with Crippen LogP contribution in [0.1, 0.15) is 53.5 Å². The van der Waals surface area contributed by atoms with Crippen molar-refractivity contribution in [1.29, 1.82) is 0 Å². The predicted octanol–water partition coefficient (Wildman–Crippen LogP) is 6.27. The van der Waals surface area contributed by atoms with Crippen molar-refractivity contribution in [1.82, 2.24) is 9.21 Å². The van der Waals surface area contributed by atoms with Crippen LogP contribution in [0.5, 0.6) is 5.75 Å². The SMILES string of the molecule is C=CS(=O)(=O)N1CCN(Cc2ccc(OC(F)(F)F)c(F)c2)[C@@H](CCO[Si](C(C)C)(C(C)C)C(C)C)C1. The van der Waals surface area contributed by atoms with Crippen molar-refractivity contribution >= 4 is 18.3 Å². The lowest BCUT2D eigenvalue weighted by molar-refractivity contribution is -0.275. The molecule has 1 heterocycles. The van der Waals surface area contributed by atoms with Gasteiger partial charge in [0, 0.05) is 44.2 Å². The predicted molar refractivity (Wildman–Crippen MR) is 140 cm³/mol. The number of nitrogens with zero attached hydrogens (tertiary/aromatic N) is 2. The first-order valence-corrected chi connectivity index (χ1v) is 16.2. The standard InChI is InChI=1S/C25H40F4N2O4SSi/c1-8-36(32,33)31-13-12-30(16-21-9-10-24(23(26)15-21)35-25(27,28)29)22(17-31)11-14-34-37(18(2)3,19(4)5)20(6)7/h8-10,15,18-20,22H,1,11-14,16-17H2,2-7H3/t22-/m0/s1. The largest absolute Gasteiger partial charge is 0.573 e. The first kappa shape index (κ1) is 31.7. The molecule has 1 aliphatic rings. The summed E-state index contributed by atoms with van der Waals surface area (Å²) in [7, 11) is -5.74. The van der Waals surface area contributed by atoms with Gasteiger partial charge in [-0.1, -0.05) is 54.2 Å². The van der Waals surface area contributed by atoms with Gasteiger partial charge in [0.2, 0.25) is 10.0 Å². The van der Waals surface area contributed by atoms with Crippen LogP contribution in [0.15, 0.2) is 30.2 Å². The summed E-state index contributed by atoms with van der Waals surface area (Å²) in [5.41, 5.74) is 1.65. The summed E-state index contributed by atoms with van der Waals surface area (Å²) >= 11 is 0. The van der Waals surface area contributed by atoms with E-state index in [-0.39, 0.29) is 25.7 Å². The summed E-state index contributed by atoms with van der Waals surface area (Å²) in [6, 6.07) is 3.15. The lowest BCUT2D eigenvalue weighted by atomic mass is 10.1. The number of hydrogen-bond acceptors (Lipinski definition) is 5. The first-order valence-electron chi connectivity index (χ1n) is 12.6. The van der Waals surface area contributed by atoms with Crippen molar-refractivity contribution in [2.24, 2.45) is 0 Å². The van der Waals surface area contributed by atoms with Crippen LogP contribution in [0.4, 0.5) is 17.6 Å². The second-order valence-electron chi connectivity index (χ2n) is 10.5. The highest BCUT2D eigenvalue weighted by atomic mass is 32.2. The molecule has 0 N–H and O–H groups in total. The van der Waals surface area contributed by atoms with Gasteiger partial charge < -0.3 is 9.16 Å². The monoisotopic (exact) mass is 568 g/mol. The van der Waals surface area contributed by atoms with Gasteiger partial charge in [0.25, 0.3) is 0 Å². The molecule has 0 saturated carbocycles. The molecule has 1 aromatic rings. The molecule has 1 aromatic carbocycles. The number of piperazine rings is 1. The van der Waals surface area contributed by atoms with Gasteiger partial charge in [0.05, 0.1) is 0 Å². The summed E-state index contributed by atoms with van der Waals surface area (Å²) in [6.45, 7) is 18.1. The molecular formula is C25H40F4N2O4SSi. The van der Waals surface area contributed by atoms with Crippen LogP contribution in [0.3, 0.4) is 0 Å². The molecular weight excluding hydrogens is 528 g/mol. The number of halogens is 4. The second-order valence-corrected chi connectivity index (χ2v) is 17.8. The number of ether oxygens (including phenoxy) is 1. The van der Waals surface area contributed by atoms with Gasteiger partial charge in [-0.25, -0.2) is 12.8 Å². The van der Waals surface area contributed by atoms with Crippen LogP contribution in [-0.4, -0.2) is 64.6 Å². The molecule has 0 amide bonds. The third-order valence-electron chi connectivity index (χ3n) is 7.26. The fraction of sp³-hybridized carbons (Fsp3) is 0.680. The van der Waals surface area contributed by atoms with E-state index in [1.165, 1.54) is 10.4 Å². The number of alkyl halides is 3. The van der Waals surface area contributed by atoms with E-state index >= 15 is 0 Å². The molecule has 0 spiro atoms. The minimum absolute atomic E-state index is 0.217. The molecule has 0 aliphatic carbocycles. The highest BCUT2D eigenvalue weighted by Gasteiger charge is 2.45. The van der Waals surface area contributed by atoms with Crippen LogP contribution in [0.25, 0.3) is 0 Å². The van der Waals surface area contributed by atoms with E-state index in [0.29, 0.717) is 41.8 Å². The molecule has 0 unspecified atom stereocenters. The molecule has 1 fully saturated rings. The molecule has 212 valence electrons. The van der Waals surface area contributed by atoms with Crippen molar-refractivity contribution in [3.8, 4) is 5.75 Å². The lowest BCUT2D eigenvalue weighted by Gasteiger charge is -2.44. The summed E-state index contributed by atoms with van der Waals surface area (Å²) in [4.78, 5) is 2.03. The Morgan fingerprint density at radius 3 is 2.19 bits per heavy atom. The average Bonchev–Trinajstić information content (AvgIpc) is 2.77. The summed E-state index contributed by atoms with van der Waals surface area (Å²) in [5.74, 6) is -2.00. The van der Waals surface area contributed by atoms with E-state index < -0.39 is 36.3 Å². The van der Waals surface area contributed by atoms with Crippen LogP contribution in [-0.2, 0) is 21.0 Å². The van der Waals surface area contributed by atoms with Crippen molar-refractivity contribution in [3.05, 3.63) is 41.6 Å². The topological polar surface area (TPSA) is 59.1 Å². The smallest absolute Gasteiger partial charge is 0.416 e. The maximum atomic E-state index is 14.3. The molecule has 2 rings (SSSR count). The Morgan fingerprint density at radius 2 is 1.70 bits per heavy atom. The number of benzene rings is 1. The number of sulfonamides is 1. The quantitative estimate of drug-likeness (QED) is 0.220. The minimum atomic E-state index is -4.99. The first-order chi connectivity index (χ1) is 17.0. The molecule has 1 aliphatic heterocycles. The molecule has 37 heavy (non-hydrogen) atoms. The lowest BCUT2D eigenvalue weighted by Crippen LogP contribution is -2.55. The zero-order valence-corrected chi connectivity index (χ0v) is 24.3. The van der Waals surface area contributed by atoms with Gasteiger partial charge >= 0.3 is 6.36 Å². The Hall–Kier alpha value is -1.47. The third-order valence-corrected chi connectivity index (χ3v) is 14.8. The summed E-state index contributed by atoms with van der Waals surface area (Å²) < 4.78 is 88.5. The van der Waals surface area contributed by atoms with E-state index in [1.807, 2.05) is 4.90 Å². The van der Waals surface area contributed by atoms with Crippen molar-refractivity contribution < 1.29 is 35.1 Å². The van der Waals surface area contributed by atoms with Crippen molar-refractivity contribution in [2.45, 2.75) is 83.5 Å². The highest BCUT2D eigenvalue weighted by Crippen LogP contribution is 2.42. The van der Waals surface area contributed by atoms with Crippen LogP contribution in [0.2, 0.25) is 16.6 Å². The maximum Gasteiger partial charge on any atom is 0.573 e. The molecule has 1 saturated heterocycles. The maximum absolute atomic E-state index is 14.3. The highest BCUT2D eigenvalue weighted by molar-refractivity contribution is 7.92. The van der Waals surface area contributed by atoms with Gasteiger partial charge in [-0.2, -0.15) is 4.31 Å². The number of hydrogen-bond donors (Lipinski definition) is 0. The van der Waals surface area contributed by atoms with E-state index in [0.717, 1.165) is 17.5 Å². The van der Waals surface area contributed by atoms with Crippen molar-refractivity contribution in [2.75, 3.05) is 26.2 Å². The Balaban J connectivity index is 2.23. The molecule has 6 nitrogen and oxygen atoms in total. The van der Waals surface area contributed by atoms with E-state index in [2.05, 4.69) is 52.9 Å².